The summed E-state index contributed by atoms with van der Waals surface area (Å²) < 4.78 is 17.2. The van der Waals surface area contributed by atoms with E-state index in [0.29, 0.717) is 12.8 Å². The number of rotatable bonds is 43. The number of carboxylic acids is 1. The predicted molar refractivity (Wildman–Crippen MR) is 254 cm³/mol. The van der Waals surface area contributed by atoms with Crippen LogP contribution < -0.4 is 5.11 Å². The zero-order valence-corrected chi connectivity index (χ0v) is 39.8. The van der Waals surface area contributed by atoms with Crippen molar-refractivity contribution in [2.75, 3.05) is 41.0 Å². The molecule has 2 unspecified atom stereocenters. The number of likely N-dealkylation sites (N-methyl/N-ethyl adjacent to an activating group) is 1. The molecule has 0 amide bonds. The molecule has 0 aromatic carbocycles. The first-order valence-electron chi connectivity index (χ1n) is 24.5. The Bertz CT molecular complexity index is 1230. The minimum Gasteiger partial charge on any atom is -0.544 e. The molecule has 350 valence electrons. The molecule has 0 aliphatic heterocycles. The lowest BCUT2D eigenvalue weighted by Crippen LogP contribution is -2.55. The monoisotopic (exact) mass is 854 g/mol. The second-order valence-corrected chi connectivity index (χ2v) is 17.4. The van der Waals surface area contributed by atoms with E-state index in [9.17, 15) is 19.5 Å². The first-order chi connectivity index (χ1) is 29.6. The zero-order chi connectivity index (χ0) is 44.9. The highest BCUT2D eigenvalue weighted by Crippen LogP contribution is 2.14. The van der Waals surface area contributed by atoms with Crippen molar-refractivity contribution < 1.29 is 38.2 Å². The summed E-state index contributed by atoms with van der Waals surface area (Å²) in [5, 5.41) is 11.6. The number of carboxylic acid groups (broad SMARTS) is 1. The van der Waals surface area contributed by atoms with Crippen molar-refractivity contribution in [3.8, 4) is 0 Å². The fraction of sp³-hybridized carbons (Fsp3) is 0.717. The predicted octanol–water partition coefficient (Wildman–Crippen LogP) is 12.6. The molecule has 2 atom stereocenters. The van der Waals surface area contributed by atoms with Gasteiger partial charge in [0.15, 0.2) is 6.10 Å². The highest BCUT2D eigenvalue weighted by Gasteiger charge is 2.25. The number of nitrogens with zero attached hydrogens (tertiary/aromatic N) is 1. The SMILES string of the molecule is CC/C=C/C=C/C=C/C=C/CCCCCCCC(=O)OCC(COCCC(C(=O)[O-])[N+](C)(C)C)OC(=O)CCCCCCCCC/C=C/C/C=C/CCCCCCCCCC. The summed E-state index contributed by atoms with van der Waals surface area (Å²) in [6.45, 7) is 4.49. The normalized spacial score (nSPS) is 13.5. The van der Waals surface area contributed by atoms with Gasteiger partial charge in [-0.2, -0.15) is 0 Å². The summed E-state index contributed by atoms with van der Waals surface area (Å²) in [7, 11) is 5.40. The van der Waals surface area contributed by atoms with Crippen LogP contribution in [0.4, 0.5) is 0 Å². The fourth-order valence-electron chi connectivity index (χ4n) is 6.88. The van der Waals surface area contributed by atoms with Gasteiger partial charge in [0.25, 0.3) is 0 Å². The Morgan fingerprint density at radius 3 is 1.49 bits per heavy atom. The van der Waals surface area contributed by atoms with Crippen LogP contribution in [0.2, 0.25) is 0 Å². The van der Waals surface area contributed by atoms with Gasteiger partial charge in [-0.25, -0.2) is 0 Å². The number of esters is 2. The lowest BCUT2D eigenvalue weighted by Gasteiger charge is -2.34. The smallest absolute Gasteiger partial charge is 0.306 e. The molecule has 0 saturated carbocycles. The van der Waals surface area contributed by atoms with Gasteiger partial charge in [-0.15, -0.1) is 0 Å². The van der Waals surface area contributed by atoms with Crippen molar-refractivity contribution in [1.82, 2.24) is 0 Å². The Hall–Kier alpha value is -3.23. The van der Waals surface area contributed by atoms with Crippen molar-refractivity contribution in [3.05, 3.63) is 72.9 Å². The Labute approximate surface area is 374 Å². The molecule has 0 aromatic heterocycles. The van der Waals surface area contributed by atoms with E-state index >= 15 is 0 Å². The van der Waals surface area contributed by atoms with Gasteiger partial charge in [-0.05, 0) is 64.2 Å². The van der Waals surface area contributed by atoms with Gasteiger partial charge in [0.2, 0.25) is 0 Å². The summed E-state index contributed by atoms with van der Waals surface area (Å²) in [6, 6.07) is -0.735. The van der Waals surface area contributed by atoms with Gasteiger partial charge in [0.1, 0.15) is 12.6 Å². The molecule has 0 aromatic rings. The van der Waals surface area contributed by atoms with E-state index in [4.69, 9.17) is 14.2 Å². The average molecular weight is 854 g/mol. The van der Waals surface area contributed by atoms with E-state index in [2.05, 4.69) is 62.5 Å². The van der Waals surface area contributed by atoms with E-state index in [1.54, 1.807) is 21.1 Å². The van der Waals surface area contributed by atoms with Gasteiger partial charge >= 0.3 is 11.9 Å². The number of carbonyl (C=O) groups excluding carboxylic acids is 3. The highest BCUT2D eigenvalue weighted by molar-refractivity contribution is 5.70. The van der Waals surface area contributed by atoms with Crippen LogP contribution in [0, 0.1) is 0 Å². The third-order valence-electron chi connectivity index (χ3n) is 10.7. The summed E-state index contributed by atoms with van der Waals surface area (Å²) in [4.78, 5) is 37.0. The van der Waals surface area contributed by atoms with Crippen molar-refractivity contribution in [2.45, 2.75) is 206 Å². The lowest BCUT2D eigenvalue weighted by atomic mass is 10.1. The van der Waals surface area contributed by atoms with Crippen LogP contribution in [0.25, 0.3) is 0 Å². The Kier molecular flexibility index (Phi) is 41.1. The first kappa shape index (κ1) is 57.8. The maximum absolute atomic E-state index is 12.8. The summed E-state index contributed by atoms with van der Waals surface area (Å²) in [5.74, 6) is -1.78. The van der Waals surface area contributed by atoms with E-state index in [1.807, 2.05) is 24.3 Å². The highest BCUT2D eigenvalue weighted by atomic mass is 16.6. The van der Waals surface area contributed by atoms with Crippen molar-refractivity contribution >= 4 is 17.9 Å². The molecular weight excluding hydrogens is 763 g/mol. The third kappa shape index (κ3) is 41.9. The summed E-state index contributed by atoms with van der Waals surface area (Å²) in [6.07, 6.45) is 55.0. The zero-order valence-electron chi connectivity index (χ0n) is 39.8. The van der Waals surface area contributed by atoms with Crippen molar-refractivity contribution in [1.29, 1.82) is 0 Å². The number of allylic oxidation sites excluding steroid dienone is 12. The maximum Gasteiger partial charge on any atom is 0.306 e. The molecule has 0 aliphatic rings. The number of hydrogen-bond donors (Lipinski definition) is 0. The van der Waals surface area contributed by atoms with Crippen LogP contribution in [0.1, 0.15) is 194 Å². The molecule has 8 nitrogen and oxygen atoms in total. The second kappa shape index (κ2) is 43.4. The van der Waals surface area contributed by atoms with E-state index < -0.39 is 18.1 Å². The number of quaternary nitrogens is 1. The topological polar surface area (TPSA) is 102 Å². The minimum atomic E-state index is -1.13. The first-order valence-corrected chi connectivity index (χ1v) is 24.5. The van der Waals surface area contributed by atoms with Crippen LogP contribution in [0.5, 0.6) is 0 Å². The molecule has 0 rings (SSSR count). The summed E-state index contributed by atoms with van der Waals surface area (Å²) >= 11 is 0. The number of unbranched alkanes of at least 4 members (excludes halogenated alkanes) is 20. The molecule has 0 fully saturated rings. The molecule has 0 aliphatic carbocycles. The Balaban J connectivity index is 4.31. The average Bonchev–Trinajstić information content (AvgIpc) is 3.22. The molecule has 0 radical (unpaired) electrons. The number of ether oxygens (including phenoxy) is 3. The molecular formula is C53H91NO7. The fourth-order valence-corrected chi connectivity index (χ4v) is 6.88. The third-order valence-corrected chi connectivity index (χ3v) is 10.7. The van der Waals surface area contributed by atoms with E-state index in [-0.39, 0.29) is 42.7 Å². The molecule has 61 heavy (non-hydrogen) atoms. The van der Waals surface area contributed by atoms with Crippen LogP contribution in [0.15, 0.2) is 72.9 Å². The standard InChI is InChI=1S/C53H91NO7/c1-6-8-10-12-14-16-18-20-22-23-24-25-26-27-28-30-32-34-36-38-40-42-44-52(56)61-49(47-59-46-45-50(53(57)58)54(3,4)5)48-60-51(55)43-41-39-37-35-33-31-29-21-19-17-15-13-11-9-7-2/h9,11,13,15,17,19,21,23-24,26-27,29,49-50H,6-8,10,12,14,16,18,20,22,25,28,30-48H2,1-5H3/b11-9+,15-13+,19-17+,24-23+,27-26+,29-21+. The largest absolute Gasteiger partial charge is 0.544 e. The Morgan fingerprint density at radius 2 is 0.984 bits per heavy atom. The minimum absolute atomic E-state index is 0.0262. The maximum atomic E-state index is 12.8. The van der Waals surface area contributed by atoms with Crippen LogP contribution >= 0.6 is 0 Å². The van der Waals surface area contributed by atoms with Crippen LogP contribution in [-0.2, 0) is 28.6 Å². The Morgan fingerprint density at radius 1 is 0.525 bits per heavy atom. The molecule has 0 N–H and O–H groups in total. The van der Waals surface area contributed by atoms with Crippen LogP contribution in [-0.4, -0.2) is 75.5 Å². The van der Waals surface area contributed by atoms with Gasteiger partial charge in [0, 0.05) is 19.3 Å². The number of carbonyl (C=O) groups is 3. The van der Waals surface area contributed by atoms with Crippen molar-refractivity contribution in [2.24, 2.45) is 0 Å². The van der Waals surface area contributed by atoms with E-state index in [0.717, 1.165) is 83.5 Å². The molecule has 0 bridgehead atoms. The van der Waals surface area contributed by atoms with Gasteiger partial charge < -0.3 is 28.6 Å². The van der Waals surface area contributed by atoms with Crippen LogP contribution in [0.3, 0.4) is 0 Å². The quantitative estimate of drug-likeness (QED) is 0.0198. The van der Waals surface area contributed by atoms with Crippen molar-refractivity contribution in [3.63, 3.8) is 0 Å². The summed E-state index contributed by atoms with van der Waals surface area (Å²) in [5.41, 5.74) is 0. The van der Waals surface area contributed by atoms with Gasteiger partial charge in [-0.1, -0.05) is 183 Å². The number of aliphatic carboxylic acids is 1. The van der Waals surface area contributed by atoms with Gasteiger partial charge in [0.05, 0.1) is 40.3 Å². The molecule has 0 saturated heterocycles. The van der Waals surface area contributed by atoms with E-state index in [1.165, 1.54) is 77.0 Å². The molecule has 0 heterocycles. The second-order valence-electron chi connectivity index (χ2n) is 17.4. The molecule has 0 spiro atoms. The lowest BCUT2D eigenvalue weighted by molar-refractivity contribution is -0.889. The van der Waals surface area contributed by atoms with Gasteiger partial charge in [-0.3, -0.25) is 9.59 Å². The molecule has 8 heteroatoms. The number of hydrogen-bond acceptors (Lipinski definition) is 7.